The molecule has 0 unspecified atom stereocenters. The maximum absolute atomic E-state index is 12.2. The predicted octanol–water partition coefficient (Wildman–Crippen LogP) is 4.73. The average molecular weight is 320 g/mol. The third-order valence-corrected chi connectivity index (χ3v) is 4.63. The number of rotatable bonds is 5. The van der Waals surface area contributed by atoms with Gasteiger partial charge in [-0.15, -0.1) is 11.8 Å². The number of benzene rings is 1. The lowest BCUT2D eigenvalue weighted by Crippen LogP contribution is -2.43. The Bertz CT molecular complexity index is 421. The second-order valence-corrected chi connectivity index (χ2v) is 6.63. The molecule has 0 heterocycles. The summed E-state index contributed by atoms with van der Waals surface area (Å²) in [5.74, 6) is 0.450. The third kappa shape index (κ3) is 4.59. The SMILES string of the molecule is CC(C)N(C(=O)CSc1c(Cl)cccc1Cl)C(C)C. The van der Waals surface area contributed by atoms with Crippen LogP contribution >= 0.6 is 35.0 Å². The van der Waals surface area contributed by atoms with Gasteiger partial charge in [0.25, 0.3) is 0 Å². The molecule has 1 amide bonds. The summed E-state index contributed by atoms with van der Waals surface area (Å²) in [4.78, 5) is 14.9. The molecule has 0 saturated carbocycles. The summed E-state index contributed by atoms with van der Waals surface area (Å²) in [5.41, 5.74) is 0. The van der Waals surface area contributed by atoms with E-state index in [9.17, 15) is 4.79 Å². The molecule has 0 spiro atoms. The minimum Gasteiger partial charge on any atom is -0.337 e. The molecule has 106 valence electrons. The Morgan fingerprint density at radius 3 is 2.05 bits per heavy atom. The highest BCUT2D eigenvalue weighted by atomic mass is 35.5. The second-order valence-electron chi connectivity index (χ2n) is 4.83. The van der Waals surface area contributed by atoms with Crippen LogP contribution in [-0.4, -0.2) is 28.6 Å². The van der Waals surface area contributed by atoms with Crippen LogP contribution in [0, 0.1) is 0 Å². The van der Waals surface area contributed by atoms with Gasteiger partial charge in [-0.3, -0.25) is 4.79 Å². The molecule has 1 rings (SSSR count). The Morgan fingerprint density at radius 2 is 1.63 bits per heavy atom. The van der Waals surface area contributed by atoms with Crippen molar-refractivity contribution in [2.24, 2.45) is 0 Å². The van der Waals surface area contributed by atoms with Gasteiger partial charge in [-0.1, -0.05) is 29.3 Å². The van der Waals surface area contributed by atoms with Gasteiger partial charge in [-0.05, 0) is 39.8 Å². The van der Waals surface area contributed by atoms with Crippen molar-refractivity contribution >= 4 is 40.9 Å². The molecule has 0 N–H and O–H groups in total. The molecule has 1 aromatic carbocycles. The van der Waals surface area contributed by atoms with Crippen LogP contribution < -0.4 is 0 Å². The summed E-state index contributed by atoms with van der Waals surface area (Å²) in [6, 6.07) is 5.74. The Balaban J connectivity index is 2.73. The molecule has 0 bridgehead atoms. The van der Waals surface area contributed by atoms with E-state index in [1.165, 1.54) is 11.8 Å². The highest BCUT2D eigenvalue weighted by Gasteiger charge is 2.20. The van der Waals surface area contributed by atoms with Gasteiger partial charge in [-0.2, -0.15) is 0 Å². The number of carbonyl (C=O) groups excluding carboxylic acids is 1. The Kier molecular flexibility index (Phi) is 6.51. The molecule has 0 aliphatic heterocycles. The zero-order valence-corrected chi connectivity index (χ0v) is 13.9. The number of thioether (sulfide) groups is 1. The van der Waals surface area contributed by atoms with Gasteiger partial charge >= 0.3 is 0 Å². The number of hydrogen-bond acceptors (Lipinski definition) is 2. The van der Waals surface area contributed by atoms with Gasteiger partial charge < -0.3 is 4.90 Å². The number of carbonyl (C=O) groups is 1. The minimum absolute atomic E-state index is 0.103. The van der Waals surface area contributed by atoms with E-state index in [1.54, 1.807) is 18.2 Å². The fourth-order valence-electron chi connectivity index (χ4n) is 2.00. The van der Waals surface area contributed by atoms with Crippen LogP contribution in [0.1, 0.15) is 27.7 Å². The number of nitrogens with zero attached hydrogens (tertiary/aromatic N) is 1. The monoisotopic (exact) mass is 319 g/mol. The van der Waals surface area contributed by atoms with Crippen molar-refractivity contribution in [1.82, 2.24) is 4.90 Å². The first-order chi connectivity index (χ1) is 8.84. The molecular formula is C14H19Cl2NOS. The maximum Gasteiger partial charge on any atom is 0.233 e. The van der Waals surface area contributed by atoms with Crippen LogP contribution in [-0.2, 0) is 4.79 Å². The summed E-state index contributed by atoms with van der Waals surface area (Å²) in [7, 11) is 0. The van der Waals surface area contributed by atoms with Crippen molar-refractivity contribution in [3.05, 3.63) is 28.2 Å². The summed E-state index contributed by atoms with van der Waals surface area (Å²) in [6.45, 7) is 8.08. The summed E-state index contributed by atoms with van der Waals surface area (Å²) in [6.07, 6.45) is 0. The van der Waals surface area contributed by atoms with Crippen LogP contribution in [0.5, 0.6) is 0 Å². The zero-order valence-electron chi connectivity index (χ0n) is 11.6. The lowest BCUT2D eigenvalue weighted by atomic mass is 10.2. The number of halogens is 2. The van der Waals surface area contributed by atoms with Gasteiger partial charge in [0.2, 0.25) is 5.91 Å². The molecule has 0 saturated heterocycles. The predicted molar refractivity (Wildman–Crippen MR) is 84.3 cm³/mol. The summed E-state index contributed by atoms with van der Waals surface area (Å²) in [5, 5.41) is 1.18. The van der Waals surface area contributed by atoms with Gasteiger partial charge in [0.15, 0.2) is 0 Å². The molecule has 5 heteroatoms. The number of amides is 1. The van der Waals surface area contributed by atoms with E-state index in [-0.39, 0.29) is 18.0 Å². The first kappa shape index (κ1) is 16.7. The van der Waals surface area contributed by atoms with Crippen molar-refractivity contribution in [2.45, 2.75) is 44.7 Å². The van der Waals surface area contributed by atoms with E-state index < -0.39 is 0 Å². The standard InChI is InChI=1S/C14H19Cl2NOS/c1-9(2)17(10(3)4)13(18)8-19-14-11(15)6-5-7-12(14)16/h5-7,9-10H,8H2,1-4H3. The quantitative estimate of drug-likeness (QED) is 0.731. The van der Waals surface area contributed by atoms with Gasteiger partial charge in [0, 0.05) is 17.0 Å². The molecule has 1 aromatic rings. The summed E-state index contributed by atoms with van der Waals surface area (Å²) < 4.78 is 0. The van der Waals surface area contributed by atoms with Crippen LogP contribution in [0.2, 0.25) is 10.0 Å². The fraction of sp³-hybridized carbons (Fsp3) is 0.500. The van der Waals surface area contributed by atoms with E-state index in [0.29, 0.717) is 15.8 Å². The molecule has 0 fully saturated rings. The highest BCUT2D eigenvalue weighted by Crippen LogP contribution is 2.34. The topological polar surface area (TPSA) is 20.3 Å². The lowest BCUT2D eigenvalue weighted by molar-refractivity contribution is -0.131. The molecule has 0 radical (unpaired) electrons. The van der Waals surface area contributed by atoms with Crippen molar-refractivity contribution in [1.29, 1.82) is 0 Å². The third-order valence-electron chi connectivity index (χ3n) is 2.66. The molecule has 0 atom stereocenters. The molecule has 0 aliphatic rings. The zero-order chi connectivity index (χ0) is 14.6. The molecule has 19 heavy (non-hydrogen) atoms. The van der Waals surface area contributed by atoms with E-state index in [4.69, 9.17) is 23.2 Å². The maximum atomic E-state index is 12.2. The van der Waals surface area contributed by atoms with E-state index in [0.717, 1.165) is 4.90 Å². The van der Waals surface area contributed by atoms with Crippen molar-refractivity contribution in [2.75, 3.05) is 5.75 Å². The van der Waals surface area contributed by atoms with Crippen molar-refractivity contribution in [3.63, 3.8) is 0 Å². The largest absolute Gasteiger partial charge is 0.337 e. The molecular weight excluding hydrogens is 301 g/mol. The normalized spacial score (nSPS) is 11.2. The van der Waals surface area contributed by atoms with E-state index >= 15 is 0 Å². The van der Waals surface area contributed by atoms with Crippen molar-refractivity contribution in [3.8, 4) is 0 Å². The lowest BCUT2D eigenvalue weighted by Gasteiger charge is -2.30. The summed E-state index contributed by atoms with van der Waals surface area (Å²) >= 11 is 13.6. The van der Waals surface area contributed by atoms with Gasteiger partial charge in [0.1, 0.15) is 0 Å². The van der Waals surface area contributed by atoms with E-state index in [2.05, 4.69) is 0 Å². The Hall–Kier alpha value is -0.380. The smallest absolute Gasteiger partial charge is 0.233 e. The van der Waals surface area contributed by atoms with Crippen LogP contribution in [0.15, 0.2) is 23.1 Å². The molecule has 0 aliphatic carbocycles. The van der Waals surface area contributed by atoms with Crippen LogP contribution in [0.25, 0.3) is 0 Å². The fourth-order valence-corrected chi connectivity index (χ4v) is 3.55. The van der Waals surface area contributed by atoms with Gasteiger partial charge in [0.05, 0.1) is 15.8 Å². The number of hydrogen-bond donors (Lipinski definition) is 0. The van der Waals surface area contributed by atoms with Gasteiger partial charge in [-0.25, -0.2) is 0 Å². The molecule has 2 nitrogen and oxygen atoms in total. The second kappa shape index (κ2) is 7.41. The van der Waals surface area contributed by atoms with Crippen molar-refractivity contribution < 1.29 is 4.79 Å². The first-order valence-electron chi connectivity index (χ1n) is 6.22. The minimum atomic E-state index is 0.103. The van der Waals surface area contributed by atoms with Crippen LogP contribution in [0.4, 0.5) is 0 Å². The van der Waals surface area contributed by atoms with Crippen LogP contribution in [0.3, 0.4) is 0 Å². The Labute approximate surface area is 129 Å². The Morgan fingerprint density at radius 1 is 1.16 bits per heavy atom. The average Bonchev–Trinajstić information content (AvgIpc) is 2.27. The molecule has 0 aromatic heterocycles. The van der Waals surface area contributed by atoms with E-state index in [1.807, 2.05) is 32.6 Å². The highest BCUT2D eigenvalue weighted by molar-refractivity contribution is 8.00. The first-order valence-corrected chi connectivity index (χ1v) is 7.96.